The molecule has 7 nitrogen and oxygen atoms in total. The number of hydrogen-bond acceptors (Lipinski definition) is 6. The maximum absolute atomic E-state index is 12.7. The number of likely N-dealkylation sites (tertiary alicyclic amines) is 1. The fourth-order valence-electron chi connectivity index (χ4n) is 3.92. The van der Waals surface area contributed by atoms with Crippen molar-refractivity contribution >= 4 is 18.0 Å². The van der Waals surface area contributed by atoms with E-state index >= 15 is 0 Å². The molecule has 0 saturated carbocycles. The van der Waals surface area contributed by atoms with Gasteiger partial charge in [0.1, 0.15) is 18.1 Å². The topological polar surface area (TPSA) is 89.3 Å². The molecular formula is C21H25N5O2. The Hall–Kier alpha value is -2.90. The summed E-state index contributed by atoms with van der Waals surface area (Å²) in [6.07, 6.45) is 11.0. The van der Waals surface area contributed by atoms with Gasteiger partial charge in [0.25, 0.3) is 0 Å². The molecule has 7 heteroatoms. The predicted molar refractivity (Wildman–Crippen MR) is 106 cm³/mol. The number of nitriles is 1. The number of hydrogen-bond donors (Lipinski definition) is 1. The summed E-state index contributed by atoms with van der Waals surface area (Å²) in [5.74, 6) is 3.31. The molecule has 2 aliphatic heterocycles. The largest absolute Gasteiger partial charge is 0.356 e. The van der Waals surface area contributed by atoms with E-state index in [1.54, 1.807) is 23.2 Å². The predicted octanol–water partition coefficient (Wildman–Crippen LogP) is 1.36. The number of anilines is 1. The summed E-state index contributed by atoms with van der Waals surface area (Å²) in [5.41, 5.74) is 0.435. The number of nitrogens with one attached hydrogen (secondary N) is 1. The molecule has 0 aliphatic carbocycles. The average molecular weight is 379 g/mol. The van der Waals surface area contributed by atoms with Crippen LogP contribution in [0.3, 0.4) is 0 Å². The molecule has 0 aromatic carbocycles. The first-order valence-corrected chi connectivity index (χ1v) is 9.58. The zero-order chi connectivity index (χ0) is 20.1. The summed E-state index contributed by atoms with van der Waals surface area (Å²) in [6.45, 7) is 3.85. The van der Waals surface area contributed by atoms with Crippen LogP contribution in [-0.4, -0.2) is 59.3 Å². The normalized spacial score (nSPS) is 23.7. The second kappa shape index (κ2) is 8.41. The standard InChI is InChI=1S/C21H25N5O2/c1-3-17-4-5-18(13-22)26(17)20(28)14-24-21(2)7-10-25(11-8-21)19-12-16(15-27)6-9-23-19/h1,6,9,12,15,17-18,24H,4-5,7-8,10-11,14H2,2H3/t17-,18-/m0/s1. The molecule has 1 N–H and O–H groups in total. The molecule has 1 aromatic rings. The van der Waals surface area contributed by atoms with Crippen molar-refractivity contribution < 1.29 is 9.59 Å². The average Bonchev–Trinajstić information content (AvgIpc) is 3.16. The van der Waals surface area contributed by atoms with Crippen LogP contribution in [0, 0.1) is 23.7 Å². The third kappa shape index (κ3) is 4.16. The Morgan fingerprint density at radius 1 is 1.43 bits per heavy atom. The first-order chi connectivity index (χ1) is 13.5. The summed E-state index contributed by atoms with van der Waals surface area (Å²) in [5, 5.41) is 12.7. The Morgan fingerprint density at radius 2 is 2.14 bits per heavy atom. The van der Waals surface area contributed by atoms with Gasteiger partial charge in [-0.2, -0.15) is 5.26 Å². The summed E-state index contributed by atoms with van der Waals surface area (Å²) < 4.78 is 0. The minimum Gasteiger partial charge on any atom is -0.356 e. The van der Waals surface area contributed by atoms with E-state index in [4.69, 9.17) is 6.42 Å². The number of aromatic nitrogens is 1. The number of piperidine rings is 1. The van der Waals surface area contributed by atoms with Gasteiger partial charge in [0.05, 0.1) is 18.7 Å². The van der Waals surface area contributed by atoms with E-state index in [0.717, 1.165) is 38.0 Å². The van der Waals surface area contributed by atoms with E-state index < -0.39 is 6.04 Å². The molecule has 3 heterocycles. The number of aldehydes is 1. The Morgan fingerprint density at radius 3 is 2.79 bits per heavy atom. The molecule has 28 heavy (non-hydrogen) atoms. The molecule has 146 valence electrons. The summed E-state index contributed by atoms with van der Waals surface area (Å²) in [6, 6.07) is 4.95. The minimum atomic E-state index is -0.429. The summed E-state index contributed by atoms with van der Waals surface area (Å²) in [7, 11) is 0. The third-order valence-corrected chi connectivity index (χ3v) is 5.78. The van der Waals surface area contributed by atoms with Crippen molar-refractivity contribution in [2.45, 2.75) is 50.2 Å². The highest BCUT2D eigenvalue weighted by molar-refractivity contribution is 5.80. The van der Waals surface area contributed by atoms with Crippen LogP contribution in [-0.2, 0) is 4.79 Å². The fraction of sp³-hybridized carbons (Fsp3) is 0.524. The minimum absolute atomic E-state index is 0.115. The lowest BCUT2D eigenvalue weighted by atomic mass is 9.89. The molecule has 0 spiro atoms. The van der Waals surface area contributed by atoms with Crippen molar-refractivity contribution in [1.82, 2.24) is 15.2 Å². The molecule has 2 aliphatic rings. The van der Waals surface area contributed by atoms with E-state index in [0.29, 0.717) is 18.4 Å². The number of nitrogens with zero attached hydrogens (tertiary/aromatic N) is 4. The number of rotatable bonds is 5. The van der Waals surface area contributed by atoms with Gasteiger partial charge in [-0.05, 0) is 44.7 Å². The first kappa shape index (κ1) is 19.9. The van der Waals surface area contributed by atoms with E-state index in [1.807, 2.05) is 0 Å². The van der Waals surface area contributed by atoms with Gasteiger partial charge in [-0.15, -0.1) is 6.42 Å². The van der Waals surface area contributed by atoms with E-state index in [1.165, 1.54) is 0 Å². The number of pyridine rings is 1. The molecule has 1 aromatic heterocycles. The molecular weight excluding hydrogens is 354 g/mol. The van der Waals surface area contributed by atoms with Crippen LogP contribution in [0.5, 0.6) is 0 Å². The Kier molecular flexibility index (Phi) is 5.96. The lowest BCUT2D eigenvalue weighted by molar-refractivity contribution is -0.131. The SMILES string of the molecule is C#C[C@H]1CC[C@@H](C#N)N1C(=O)CNC1(C)CCN(c2cc(C=O)ccn2)CC1. The molecule has 0 unspecified atom stereocenters. The number of carbonyl (C=O) groups excluding carboxylic acids is 2. The Balaban J connectivity index is 1.56. The summed E-state index contributed by atoms with van der Waals surface area (Å²) in [4.78, 5) is 31.7. The number of terminal acetylenes is 1. The first-order valence-electron chi connectivity index (χ1n) is 9.58. The van der Waals surface area contributed by atoms with Crippen molar-refractivity contribution in [3.8, 4) is 18.4 Å². The van der Waals surface area contributed by atoms with Crippen molar-refractivity contribution in [1.29, 1.82) is 5.26 Å². The molecule has 2 fully saturated rings. The lowest BCUT2D eigenvalue weighted by Crippen LogP contribution is -2.55. The second-order valence-corrected chi connectivity index (χ2v) is 7.67. The van der Waals surface area contributed by atoms with Crippen LogP contribution in [0.15, 0.2) is 18.3 Å². The lowest BCUT2D eigenvalue weighted by Gasteiger charge is -2.41. The van der Waals surface area contributed by atoms with Crippen molar-refractivity contribution in [3.05, 3.63) is 23.9 Å². The molecule has 0 bridgehead atoms. The number of amides is 1. The van der Waals surface area contributed by atoms with Gasteiger partial charge in [0.2, 0.25) is 5.91 Å². The zero-order valence-electron chi connectivity index (χ0n) is 16.1. The Bertz CT molecular complexity index is 795. The van der Waals surface area contributed by atoms with Crippen LogP contribution in [0.25, 0.3) is 0 Å². The van der Waals surface area contributed by atoms with Gasteiger partial charge >= 0.3 is 0 Å². The quantitative estimate of drug-likeness (QED) is 0.614. The van der Waals surface area contributed by atoms with Crippen LogP contribution in [0.2, 0.25) is 0 Å². The van der Waals surface area contributed by atoms with Crippen molar-refractivity contribution in [2.24, 2.45) is 0 Å². The van der Waals surface area contributed by atoms with Crippen molar-refractivity contribution in [2.75, 3.05) is 24.5 Å². The van der Waals surface area contributed by atoms with Crippen LogP contribution >= 0.6 is 0 Å². The third-order valence-electron chi connectivity index (χ3n) is 5.78. The maximum atomic E-state index is 12.7. The van der Waals surface area contributed by atoms with Crippen molar-refractivity contribution in [3.63, 3.8) is 0 Å². The second-order valence-electron chi connectivity index (χ2n) is 7.67. The van der Waals surface area contributed by atoms with Gasteiger partial charge in [0.15, 0.2) is 0 Å². The van der Waals surface area contributed by atoms with E-state index in [9.17, 15) is 14.9 Å². The maximum Gasteiger partial charge on any atom is 0.238 e. The van der Waals surface area contributed by atoms with Crippen LogP contribution in [0.4, 0.5) is 5.82 Å². The van der Waals surface area contributed by atoms with Crippen LogP contribution < -0.4 is 10.2 Å². The monoisotopic (exact) mass is 379 g/mol. The number of carbonyl (C=O) groups is 2. The highest BCUT2D eigenvalue weighted by Gasteiger charge is 2.37. The summed E-state index contributed by atoms with van der Waals surface area (Å²) >= 11 is 0. The van der Waals surface area contributed by atoms with Gasteiger partial charge in [-0.1, -0.05) is 5.92 Å². The van der Waals surface area contributed by atoms with Gasteiger partial charge in [0, 0.05) is 30.4 Å². The Labute approximate surface area is 165 Å². The van der Waals surface area contributed by atoms with Gasteiger partial charge in [-0.3, -0.25) is 9.59 Å². The highest BCUT2D eigenvalue weighted by atomic mass is 16.2. The van der Waals surface area contributed by atoms with E-state index in [2.05, 4.69) is 34.1 Å². The highest BCUT2D eigenvalue weighted by Crippen LogP contribution is 2.26. The van der Waals surface area contributed by atoms with E-state index in [-0.39, 0.29) is 24.0 Å². The molecule has 0 radical (unpaired) electrons. The smallest absolute Gasteiger partial charge is 0.238 e. The fourth-order valence-corrected chi connectivity index (χ4v) is 3.92. The molecule has 1 amide bonds. The van der Waals surface area contributed by atoms with Gasteiger partial charge < -0.3 is 15.1 Å². The molecule has 2 saturated heterocycles. The van der Waals surface area contributed by atoms with Crippen LogP contribution in [0.1, 0.15) is 43.0 Å². The molecule has 3 rings (SSSR count). The van der Waals surface area contributed by atoms with Gasteiger partial charge in [-0.25, -0.2) is 4.98 Å². The molecule has 2 atom stereocenters. The zero-order valence-corrected chi connectivity index (χ0v) is 16.1.